The summed E-state index contributed by atoms with van der Waals surface area (Å²) in [6.07, 6.45) is -3.79. The third kappa shape index (κ3) is 3.12. The molecule has 7 heteroatoms. The quantitative estimate of drug-likeness (QED) is 0.782. The molecule has 3 nitrogen and oxygen atoms in total. The summed E-state index contributed by atoms with van der Waals surface area (Å²) >= 11 is 5.90. The molecule has 0 spiro atoms. The van der Waals surface area contributed by atoms with Gasteiger partial charge in [0.25, 0.3) is 0 Å². The largest absolute Gasteiger partial charge is 0.416 e. The molecule has 0 aromatic heterocycles. The second-order valence-electron chi connectivity index (χ2n) is 5.15. The smallest absolute Gasteiger partial charge is 0.306 e. The highest BCUT2D eigenvalue weighted by atomic mass is 35.5. The Bertz CT molecular complexity index is 761. The van der Waals surface area contributed by atoms with E-state index < -0.39 is 17.8 Å². The molecule has 3 rings (SSSR count). The van der Waals surface area contributed by atoms with Gasteiger partial charge in [-0.3, -0.25) is 4.90 Å². The van der Waals surface area contributed by atoms with E-state index in [1.54, 1.807) is 6.07 Å². The summed E-state index contributed by atoms with van der Waals surface area (Å²) in [7, 11) is 0. The third-order valence-electron chi connectivity index (χ3n) is 3.67. The molecule has 0 aliphatic carbocycles. The number of para-hydroxylation sites is 1. The number of fused-ring (bicyclic) bond motifs is 1. The minimum atomic E-state index is -4.50. The summed E-state index contributed by atoms with van der Waals surface area (Å²) < 4.78 is 38.3. The molecular formula is C16H12ClF3N2O. The van der Waals surface area contributed by atoms with Crippen LogP contribution in [0.5, 0.6) is 0 Å². The lowest BCUT2D eigenvalue weighted by Gasteiger charge is -2.19. The Kier molecular flexibility index (Phi) is 3.93. The molecule has 120 valence electrons. The summed E-state index contributed by atoms with van der Waals surface area (Å²) in [5.74, 6) is 0. The van der Waals surface area contributed by atoms with Crippen LogP contribution in [0.3, 0.4) is 0 Å². The van der Waals surface area contributed by atoms with Gasteiger partial charge >= 0.3 is 12.2 Å². The van der Waals surface area contributed by atoms with Crippen molar-refractivity contribution in [3.8, 4) is 0 Å². The van der Waals surface area contributed by atoms with E-state index in [9.17, 15) is 18.0 Å². The van der Waals surface area contributed by atoms with Gasteiger partial charge in [0.2, 0.25) is 0 Å². The topological polar surface area (TPSA) is 32.3 Å². The SMILES string of the molecule is O=C(Nc1cc(C(F)(F)F)ccc1Cl)N1CCc2ccccc21. The number of amides is 2. The van der Waals surface area contributed by atoms with Gasteiger partial charge in [-0.1, -0.05) is 29.8 Å². The number of carbonyl (C=O) groups excluding carboxylic acids is 1. The molecule has 1 N–H and O–H groups in total. The Labute approximate surface area is 135 Å². The zero-order chi connectivity index (χ0) is 16.6. The van der Waals surface area contributed by atoms with Gasteiger partial charge in [0.05, 0.1) is 16.3 Å². The van der Waals surface area contributed by atoms with Gasteiger partial charge in [0.1, 0.15) is 0 Å². The first-order chi connectivity index (χ1) is 10.9. The standard InChI is InChI=1S/C16H12ClF3N2O/c17-12-6-5-11(16(18,19)20)9-13(12)21-15(23)22-8-7-10-3-1-2-4-14(10)22/h1-6,9H,7-8H2,(H,21,23). The highest BCUT2D eigenvalue weighted by Gasteiger charge is 2.31. The van der Waals surface area contributed by atoms with E-state index in [0.717, 1.165) is 29.4 Å². The van der Waals surface area contributed by atoms with E-state index >= 15 is 0 Å². The predicted molar refractivity (Wildman–Crippen MR) is 83.0 cm³/mol. The van der Waals surface area contributed by atoms with Gasteiger partial charge < -0.3 is 5.32 Å². The van der Waals surface area contributed by atoms with Gasteiger partial charge in [-0.05, 0) is 36.2 Å². The number of carbonyl (C=O) groups is 1. The van der Waals surface area contributed by atoms with E-state index in [0.29, 0.717) is 13.0 Å². The number of hydrogen-bond acceptors (Lipinski definition) is 1. The lowest BCUT2D eigenvalue weighted by Crippen LogP contribution is -2.33. The number of nitrogens with one attached hydrogen (secondary N) is 1. The average Bonchev–Trinajstić information content (AvgIpc) is 2.92. The van der Waals surface area contributed by atoms with Crippen LogP contribution in [0, 0.1) is 0 Å². The van der Waals surface area contributed by atoms with Gasteiger partial charge in [-0.25, -0.2) is 4.79 Å². The Morgan fingerprint density at radius 1 is 1.17 bits per heavy atom. The van der Waals surface area contributed by atoms with Gasteiger partial charge in [0.15, 0.2) is 0 Å². The summed E-state index contributed by atoms with van der Waals surface area (Å²) in [5.41, 5.74) is 0.862. The number of hydrogen-bond donors (Lipinski definition) is 1. The van der Waals surface area contributed by atoms with E-state index in [1.807, 2.05) is 18.2 Å². The van der Waals surface area contributed by atoms with Crippen molar-refractivity contribution < 1.29 is 18.0 Å². The molecule has 23 heavy (non-hydrogen) atoms. The van der Waals surface area contributed by atoms with E-state index in [-0.39, 0.29) is 10.7 Å². The summed E-state index contributed by atoms with van der Waals surface area (Å²) in [6.45, 7) is 0.474. The molecule has 1 heterocycles. The lowest BCUT2D eigenvalue weighted by molar-refractivity contribution is -0.137. The fourth-order valence-electron chi connectivity index (χ4n) is 2.53. The van der Waals surface area contributed by atoms with Crippen molar-refractivity contribution in [3.63, 3.8) is 0 Å². The average molecular weight is 341 g/mol. The van der Waals surface area contributed by atoms with Crippen LogP contribution >= 0.6 is 11.6 Å². The summed E-state index contributed by atoms with van der Waals surface area (Å²) in [4.78, 5) is 13.9. The van der Waals surface area contributed by atoms with Crippen molar-refractivity contribution in [2.75, 3.05) is 16.8 Å². The Balaban J connectivity index is 1.84. The zero-order valence-corrected chi connectivity index (χ0v) is 12.6. The van der Waals surface area contributed by atoms with Crippen LogP contribution in [0.1, 0.15) is 11.1 Å². The second kappa shape index (κ2) is 5.77. The van der Waals surface area contributed by atoms with Crippen molar-refractivity contribution in [1.29, 1.82) is 0 Å². The maximum absolute atomic E-state index is 12.8. The van der Waals surface area contributed by atoms with Crippen LogP contribution in [-0.4, -0.2) is 12.6 Å². The minimum absolute atomic E-state index is 0.0545. The number of anilines is 2. The molecule has 0 radical (unpaired) electrons. The van der Waals surface area contributed by atoms with Crippen molar-refractivity contribution in [2.45, 2.75) is 12.6 Å². The minimum Gasteiger partial charge on any atom is -0.306 e. The molecule has 0 atom stereocenters. The summed E-state index contributed by atoms with van der Waals surface area (Å²) in [6, 6.07) is 9.74. The first-order valence-corrected chi connectivity index (χ1v) is 7.27. The van der Waals surface area contributed by atoms with Crippen LogP contribution < -0.4 is 10.2 Å². The van der Waals surface area contributed by atoms with Crippen molar-refractivity contribution in [1.82, 2.24) is 0 Å². The van der Waals surface area contributed by atoms with E-state index in [4.69, 9.17) is 11.6 Å². The first-order valence-electron chi connectivity index (χ1n) is 6.89. The van der Waals surface area contributed by atoms with Crippen LogP contribution in [0.2, 0.25) is 5.02 Å². The fourth-order valence-corrected chi connectivity index (χ4v) is 2.69. The maximum Gasteiger partial charge on any atom is 0.416 e. The van der Waals surface area contributed by atoms with E-state index in [2.05, 4.69) is 5.32 Å². The lowest BCUT2D eigenvalue weighted by atomic mass is 10.2. The Hall–Kier alpha value is -2.21. The molecule has 1 aliphatic rings. The van der Waals surface area contributed by atoms with E-state index in [1.165, 1.54) is 4.90 Å². The van der Waals surface area contributed by atoms with Crippen LogP contribution in [0.15, 0.2) is 42.5 Å². The molecule has 2 aromatic rings. The van der Waals surface area contributed by atoms with Crippen molar-refractivity contribution >= 4 is 29.0 Å². The number of benzene rings is 2. The highest BCUT2D eigenvalue weighted by Crippen LogP contribution is 2.34. The number of alkyl halides is 3. The Morgan fingerprint density at radius 2 is 1.91 bits per heavy atom. The van der Waals surface area contributed by atoms with Gasteiger partial charge in [0, 0.05) is 12.2 Å². The van der Waals surface area contributed by atoms with Crippen molar-refractivity contribution in [2.24, 2.45) is 0 Å². The highest BCUT2D eigenvalue weighted by molar-refractivity contribution is 6.33. The second-order valence-corrected chi connectivity index (χ2v) is 5.56. The fraction of sp³-hybridized carbons (Fsp3) is 0.188. The molecule has 2 amide bonds. The third-order valence-corrected chi connectivity index (χ3v) is 4.00. The molecule has 0 fully saturated rings. The number of rotatable bonds is 1. The van der Waals surface area contributed by atoms with Gasteiger partial charge in [-0.15, -0.1) is 0 Å². The molecule has 0 bridgehead atoms. The molecule has 0 saturated heterocycles. The number of nitrogens with zero attached hydrogens (tertiary/aromatic N) is 1. The monoisotopic (exact) mass is 340 g/mol. The molecular weight excluding hydrogens is 329 g/mol. The predicted octanol–water partition coefficient (Wildman–Crippen LogP) is 4.95. The zero-order valence-electron chi connectivity index (χ0n) is 11.8. The van der Waals surface area contributed by atoms with Crippen LogP contribution in [-0.2, 0) is 12.6 Å². The Morgan fingerprint density at radius 3 is 2.65 bits per heavy atom. The van der Waals surface area contributed by atoms with Crippen LogP contribution in [0.4, 0.5) is 29.3 Å². The first kappa shape index (κ1) is 15.7. The molecule has 0 unspecified atom stereocenters. The number of urea groups is 1. The molecule has 1 aliphatic heterocycles. The van der Waals surface area contributed by atoms with Crippen molar-refractivity contribution in [3.05, 3.63) is 58.6 Å². The summed E-state index contributed by atoms with van der Waals surface area (Å²) in [5, 5.41) is 2.52. The van der Waals surface area contributed by atoms with Gasteiger partial charge in [-0.2, -0.15) is 13.2 Å². The van der Waals surface area contributed by atoms with Crippen LogP contribution in [0.25, 0.3) is 0 Å². The molecule has 0 saturated carbocycles. The number of halogens is 4. The molecule has 2 aromatic carbocycles. The normalized spacial score (nSPS) is 13.8. The maximum atomic E-state index is 12.8.